The summed E-state index contributed by atoms with van der Waals surface area (Å²) in [5, 5.41) is 3.54. The van der Waals surface area contributed by atoms with Gasteiger partial charge in [-0.05, 0) is 43.7 Å². The van der Waals surface area contributed by atoms with Crippen LogP contribution in [-0.2, 0) is 0 Å². The molecule has 1 aromatic heterocycles. The van der Waals surface area contributed by atoms with Crippen molar-refractivity contribution in [2.24, 2.45) is 11.8 Å². The third-order valence-electron chi connectivity index (χ3n) is 4.18. The van der Waals surface area contributed by atoms with Gasteiger partial charge in [0, 0.05) is 19.6 Å². The standard InChI is InChI=1S/C16H24ClN3O/c1-4-18-14-6-5-13(17)15(19-14)16(21)20-9-7-12(8-10-20)11(2)3/h5-6,11-12H,4,7-10H2,1-3H3,(H,18,19). The quantitative estimate of drug-likeness (QED) is 0.923. The molecule has 21 heavy (non-hydrogen) atoms. The summed E-state index contributed by atoms with van der Waals surface area (Å²) >= 11 is 6.15. The number of anilines is 1. The molecule has 1 aliphatic heterocycles. The predicted molar refractivity (Wildman–Crippen MR) is 86.9 cm³/mol. The molecule has 1 aromatic rings. The first-order valence-electron chi connectivity index (χ1n) is 7.72. The fourth-order valence-electron chi connectivity index (χ4n) is 2.79. The smallest absolute Gasteiger partial charge is 0.274 e. The van der Waals surface area contributed by atoms with Crippen molar-refractivity contribution in [2.75, 3.05) is 25.0 Å². The molecule has 1 aliphatic rings. The Morgan fingerprint density at radius 2 is 2.10 bits per heavy atom. The summed E-state index contributed by atoms with van der Waals surface area (Å²) in [7, 11) is 0. The largest absolute Gasteiger partial charge is 0.370 e. The maximum absolute atomic E-state index is 12.6. The summed E-state index contributed by atoms with van der Waals surface area (Å²) in [5.41, 5.74) is 0.359. The maximum atomic E-state index is 12.6. The highest BCUT2D eigenvalue weighted by Gasteiger charge is 2.27. The number of halogens is 1. The van der Waals surface area contributed by atoms with Gasteiger partial charge in [-0.15, -0.1) is 0 Å². The molecule has 2 rings (SSSR count). The van der Waals surface area contributed by atoms with Crippen LogP contribution in [0.15, 0.2) is 12.1 Å². The Labute approximate surface area is 131 Å². The highest BCUT2D eigenvalue weighted by molar-refractivity contribution is 6.33. The lowest BCUT2D eigenvalue weighted by molar-refractivity contribution is 0.0662. The van der Waals surface area contributed by atoms with Crippen LogP contribution >= 0.6 is 11.6 Å². The van der Waals surface area contributed by atoms with Crippen LogP contribution in [0.25, 0.3) is 0 Å². The molecule has 1 N–H and O–H groups in total. The van der Waals surface area contributed by atoms with Gasteiger partial charge in [0.1, 0.15) is 11.5 Å². The molecule has 116 valence electrons. The second-order valence-corrected chi connectivity index (χ2v) is 6.34. The Kier molecular flexibility index (Phi) is 5.45. The lowest BCUT2D eigenvalue weighted by atomic mass is 9.86. The molecule has 0 bridgehead atoms. The normalized spacial score (nSPS) is 16.3. The number of carbonyl (C=O) groups excluding carboxylic acids is 1. The number of pyridine rings is 1. The fraction of sp³-hybridized carbons (Fsp3) is 0.625. The monoisotopic (exact) mass is 309 g/mol. The fourth-order valence-corrected chi connectivity index (χ4v) is 2.98. The van der Waals surface area contributed by atoms with Crippen LogP contribution in [-0.4, -0.2) is 35.4 Å². The van der Waals surface area contributed by atoms with Crippen LogP contribution in [0.5, 0.6) is 0 Å². The minimum absolute atomic E-state index is 0.0537. The SMILES string of the molecule is CCNc1ccc(Cl)c(C(=O)N2CCC(C(C)C)CC2)n1. The first-order chi connectivity index (χ1) is 10.0. The number of hydrogen-bond acceptors (Lipinski definition) is 3. The summed E-state index contributed by atoms with van der Waals surface area (Å²) in [6.45, 7) is 8.85. The van der Waals surface area contributed by atoms with Gasteiger partial charge >= 0.3 is 0 Å². The molecule has 5 heteroatoms. The minimum Gasteiger partial charge on any atom is -0.370 e. The van der Waals surface area contributed by atoms with Gasteiger partial charge in [0.25, 0.3) is 5.91 Å². The second-order valence-electron chi connectivity index (χ2n) is 5.93. The average Bonchev–Trinajstić information content (AvgIpc) is 2.49. The molecule has 0 aliphatic carbocycles. The molecule has 1 saturated heterocycles. The number of aromatic nitrogens is 1. The summed E-state index contributed by atoms with van der Waals surface area (Å²) in [6, 6.07) is 3.54. The first kappa shape index (κ1) is 16.1. The van der Waals surface area contributed by atoms with Crippen LogP contribution in [0.2, 0.25) is 5.02 Å². The number of nitrogens with one attached hydrogen (secondary N) is 1. The number of nitrogens with zero attached hydrogens (tertiary/aromatic N) is 2. The van der Waals surface area contributed by atoms with E-state index in [-0.39, 0.29) is 5.91 Å². The van der Waals surface area contributed by atoms with E-state index in [9.17, 15) is 4.79 Å². The molecule has 4 nitrogen and oxygen atoms in total. The Bertz CT molecular complexity index is 496. The van der Waals surface area contributed by atoms with Crippen molar-refractivity contribution < 1.29 is 4.79 Å². The van der Waals surface area contributed by atoms with Crippen molar-refractivity contribution in [3.05, 3.63) is 22.8 Å². The molecule has 0 atom stereocenters. The average molecular weight is 310 g/mol. The van der Waals surface area contributed by atoms with Crippen molar-refractivity contribution in [1.82, 2.24) is 9.88 Å². The van der Waals surface area contributed by atoms with Crippen LogP contribution in [0, 0.1) is 11.8 Å². The molecule has 2 heterocycles. The van der Waals surface area contributed by atoms with E-state index in [0.717, 1.165) is 32.5 Å². The van der Waals surface area contributed by atoms with E-state index in [1.54, 1.807) is 12.1 Å². The van der Waals surface area contributed by atoms with Crippen LogP contribution in [0.4, 0.5) is 5.82 Å². The summed E-state index contributed by atoms with van der Waals surface area (Å²) in [5.74, 6) is 2.04. The van der Waals surface area contributed by atoms with Crippen LogP contribution in [0.3, 0.4) is 0 Å². The lowest BCUT2D eigenvalue weighted by Crippen LogP contribution is -2.40. The Hall–Kier alpha value is -1.29. The second kappa shape index (κ2) is 7.12. The molecular formula is C16H24ClN3O. The van der Waals surface area contributed by atoms with E-state index in [1.807, 2.05) is 11.8 Å². The van der Waals surface area contributed by atoms with Gasteiger partial charge in [-0.2, -0.15) is 0 Å². The number of piperidine rings is 1. The van der Waals surface area contributed by atoms with Crippen molar-refractivity contribution >= 4 is 23.3 Å². The zero-order chi connectivity index (χ0) is 15.4. The van der Waals surface area contributed by atoms with E-state index in [1.165, 1.54) is 0 Å². The number of amides is 1. The molecular weight excluding hydrogens is 286 g/mol. The Morgan fingerprint density at radius 1 is 1.43 bits per heavy atom. The van der Waals surface area contributed by atoms with Crippen LogP contribution < -0.4 is 5.32 Å². The number of likely N-dealkylation sites (tertiary alicyclic amines) is 1. The van der Waals surface area contributed by atoms with E-state index in [0.29, 0.717) is 28.4 Å². The Morgan fingerprint density at radius 3 is 2.67 bits per heavy atom. The maximum Gasteiger partial charge on any atom is 0.274 e. The molecule has 0 aromatic carbocycles. The Balaban J connectivity index is 2.08. The topological polar surface area (TPSA) is 45.2 Å². The molecule has 1 amide bonds. The van der Waals surface area contributed by atoms with E-state index in [4.69, 9.17) is 11.6 Å². The van der Waals surface area contributed by atoms with Crippen molar-refractivity contribution in [2.45, 2.75) is 33.6 Å². The lowest BCUT2D eigenvalue weighted by Gasteiger charge is -2.33. The van der Waals surface area contributed by atoms with Crippen molar-refractivity contribution in [3.8, 4) is 0 Å². The molecule has 1 fully saturated rings. The van der Waals surface area contributed by atoms with Gasteiger partial charge in [0.05, 0.1) is 5.02 Å². The number of hydrogen-bond donors (Lipinski definition) is 1. The van der Waals surface area contributed by atoms with Crippen molar-refractivity contribution in [1.29, 1.82) is 0 Å². The zero-order valence-electron chi connectivity index (χ0n) is 13.0. The van der Waals surface area contributed by atoms with Gasteiger partial charge in [0.15, 0.2) is 0 Å². The molecule has 0 unspecified atom stereocenters. The summed E-state index contributed by atoms with van der Waals surface area (Å²) in [4.78, 5) is 18.8. The number of carbonyl (C=O) groups is 1. The van der Waals surface area contributed by atoms with E-state index in [2.05, 4.69) is 24.1 Å². The van der Waals surface area contributed by atoms with E-state index < -0.39 is 0 Å². The summed E-state index contributed by atoms with van der Waals surface area (Å²) < 4.78 is 0. The van der Waals surface area contributed by atoms with Gasteiger partial charge in [-0.1, -0.05) is 25.4 Å². The molecule has 0 radical (unpaired) electrons. The zero-order valence-corrected chi connectivity index (χ0v) is 13.8. The minimum atomic E-state index is -0.0537. The highest BCUT2D eigenvalue weighted by Crippen LogP contribution is 2.26. The van der Waals surface area contributed by atoms with E-state index >= 15 is 0 Å². The van der Waals surface area contributed by atoms with Gasteiger partial charge in [0.2, 0.25) is 0 Å². The predicted octanol–water partition coefficient (Wildman–Crippen LogP) is 3.68. The van der Waals surface area contributed by atoms with Crippen LogP contribution in [0.1, 0.15) is 44.1 Å². The highest BCUT2D eigenvalue weighted by atomic mass is 35.5. The summed E-state index contributed by atoms with van der Waals surface area (Å²) in [6.07, 6.45) is 2.13. The van der Waals surface area contributed by atoms with Crippen molar-refractivity contribution in [3.63, 3.8) is 0 Å². The third-order valence-corrected chi connectivity index (χ3v) is 4.48. The molecule has 0 saturated carbocycles. The molecule has 0 spiro atoms. The van der Waals surface area contributed by atoms with Gasteiger partial charge < -0.3 is 10.2 Å². The third kappa shape index (κ3) is 3.88. The number of rotatable bonds is 4. The first-order valence-corrected chi connectivity index (χ1v) is 8.10. The van der Waals surface area contributed by atoms with Gasteiger partial charge in [-0.25, -0.2) is 4.98 Å². The van der Waals surface area contributed by atoms with Gasteiger partial charge in [-0.3, -0.25) is 4.79 Å².